The second-order valence-electron chi connectivity index (χ2n) is 9.46. The second-order valence-corrected chi connectivity index (χ2v) is 11.7. The van der Waals surface area contributed by atoms with Gasteiger partial charge in [-0.25, -0.2) is 0 Å². The van der Waals surface area contributed by atoms with E-state index in [1.165, 1.54) is 0 Å². The largest absolute Gasteiger partial charge is 0.482 e. The van der Waals surface area contributed by atoms with Crippen molar-refractivity contribution in [2.45, 2.75) is 45.3 Å². The summed E-state index contributed by atoms with van der Waals surface area (Å²) in [5.74, 6) is -0.148. The maximum Gasteiger partial charge on any atom is 0.261 e. The van der Waals surface area contributed by atoms with Crippen LogP contribution >= 0.6 is 43.5 Å². The number of hydrogen-bond acceptors (Lipinski definition) is 3. The molecule has 8 heteroatoms. The van der Waals surface area contributed by atoms with Crippen LogP contribution in [0.2, 0.25) is 5.02 Å². The van der Waals surface area contributed by atoms with E-state index < -0.39 is 11.6 Å². The van der Waals surface area contributed by atoms with E-state index in [1.54, 1.807) is 23.1 Å². The highest BCUT2D eigenvalue weighted by Gasteiger charge is 2.32. The van der Waals surface area contributed by atoms with E-state index in [0.717, 1.165) is 20.1 Å². The van der Waals surface area contributed by atoms with Gasteiger partial charge in [-0.05, 0) is 62.2 Å². The molecule has 0 aliphatic carbocycles. The molecular formula is C28H29Br2ClN2O3. The van der Waals surface area contributed by atoms with Crippen molar-refractivity contribution in [1.82, 2.24) is 10.2 Å². The van der Waals surface area contributed by atoms with Crippen LogP contribution in [0.5, 0.6) is 5.75 Å². The molecule has 1 N–H and O–H groups in total. The predicted octanol–water partition coefficient (Wildman–Crippen LogP) is 6.80. The van der Waals surface area contributed by atoms with Gasteiger partial charge >= 0.3 is 0 Å². The van der Waals surface area contributed by atoms with Gasteiger partial charge in [0.15, 0.2) is 6.61 Å². The van der Waals surface area contributed by atoms with Crippen molar-refractivity contribution in [3.8, 4) is 5.75 Å². The topological polar surface area (TPSA) is 58.6 Å². The quantitative estimate of drug-likeness (QED) is 0.281. The van der Waals surface area contributed by atoms with Gasteiger partial charge in [0.25, 0.3) is 5.91 Å². The lowest BCUT2D eigenvalue weighted by Crippen LogP contribution is -2.55. The van der Waals surface area contributed by atoms with Gasteiger partial charge in [0.2, 0.25) is 5.91 Å². The lowest BCUT2D eigenvalue weighted by atomic mass is 10.0. The molecule has 3 aromatic rings. The molecule has 2 amide bonds. The first-order valence-corrected chi connectivity index (χ1v) is 13.5. The Bertz CT molecular complexity index is 1200. The standard InChI is InChI=1S/C28H29Br2ClN2O3/c1-28(2,3)32-27(35)24(15-19-8-5-4-6-9-19)33(17-20-10-7-11-21(29)14-20)26(34)18-36-25-13-12-22(30)16-23(25)31/h4-14,16,24H,15,17-18H2,1-3H3,(H,32,35)/t24-/m1/s1. The molecule has 0 aliphatic rings. The van der Waals surface area contributed by atoms with E-state index in [-0.39, 0.29) is 25.0 Å². The van der Waals surface area contributed by atoms with Crippen LogP contribution in [0.25, 0.3) is 0 Å². The van der Waals surface area contributed by atoms with Gasteiger partial charge in [-0.2, -0.15) is 0 Å². The van der Waals surface area contributed by atoms with E-state index in [0.29, 0.717) is 17.2 Å². The van der Waals surface area contributed by atoms with E-state index in [1.807, 2.05) is 75.4 Å². The summed E-state index contributed by atoms with van der Waals surface area (Å²) in [5.41, 5.74) is 1.38. The minimum Gasteiger partial charge on any atom is -0.482 e. The molecule has 36 heavy (non-hydrogen) atoms. The fourth-order valence-corrected chi connectivity index (χ4v) is 4.83. The third-order valence-electron chi connectivity index (χ3n) is 5.26. The van der Waals surface area contributed by atoms with Crippen molar-refractivity contribution in [2.75, 3.05) is 6.61 Å². The van der Waals surface area contributed by atoms with Gasteiger partial charge in [0, 0.05) is 27.4 Å². The summed E-state index contributed by atoms with van der Waals surface area (Å²) in [6, 6.07) is 21.8. The van der Waals surface area contributed by atoms with E-state index in [2.05, 4.69) is 37.2 Å². The second kappa shape index (κ2) is 12.7. The molecule has 0 aliphatic heterocycles. The number of halogens is 3. The Balaban J connectivity index is 1.94. The van der Waals surface area contributed by atoms with Crippen LogP contribution in [0.4, 0.5) is 0 Å². The van der Waals surface area contributed by atoms with Crippen molar-refractivity contribution >= 4 is 55.3 Å². The van der Waals surface area contributed by atoms with E-state index >= 15 is 0 Å². The molecule has 0 radical (unpaired) electrons. The average molecular weight is 637 g/mol. The number of ether oxygens (including phenoxy) is 1. The number of carbonyl (C=O) groups is 2. The number of hydrogen-bond donors (Lipinski definition) is 1. The zero-order valence-electron chi connectivity index (χ0n) is 20.4. The van der Waals surface area contributed by atoms with Gasteiger partial charge < -0.3 is 15.0 Å². The first kappa shape index (κ1) is 28.2. The van der Waals surface area contributed by atoms with Crippen molar-refractivity contribution in [1.29, 1.82) is 0 Å². The summed E-state index contributed by atoms with van der Waals surface area (Å²) < 4.78 is 7.49. The summed E-state index contributed by atoms with van der Waals surface area (Å²) >= 11 is 13.2. The molecule has 0 spiro atoms. The van der Waals surface area contributed by atoms with Crippen LogP contribution in [0, 0.1) is 0 Å². The Kier molecular flexibility index (Phi) is 10.00. The number of nitrogens with one attached hydrogen (secondary N) is 1. The van der Waals surface area contributed by atoms with Crippen molar-refractivity contribution in [3.63, 3.8) is 0 Å². The first-order chi connectivity index (χ1) is 17.0. The van der Waals surface area contributed by atoms with Crippen LogP contribution in [-0.4, -0.2) is 34.9 Å². The number of benzene rings is 3. The van der Waals surface area contributed by atoms with E-state index in [4.69, 9.17) is 16.3 Å². The van der Waals surface area contributed by atoms with Gasteiger partial charge in [0.05, 0.1) is 5.02 Å². The van der Waals surface area contributed by atoms with Gasteiger partial charge in [-0.1, -0.05) is 85.9 Å². The summed E-state index contributed by atoms with van der Waals surface area (Å²) in [6.45, 7) is 5.74. The van der Waals surface area contributed by atoms with Crippen LogP contribution in [-0.2, 0) is 22.6 Å². The fourth-order valence-electron chi connectivity index (χ4n) is 3.65. The predicted molar refractivity (Wildman–Crippen MR) is 151 cm³/mol. The summed E-state index contributed by atoms with van der Waals surface area (Å²) in [4.78, 5) is 28.8. The summed E-state index contributed by atoms with van der Waals surface area (Å²) in [5, 5.41) is 3.44. The number of nitrogens with zero attached hydrogens (tertiary/aromatic N) is 1. The molecule has 3 aromatic carbocycles. The first-order valence-electron chi connectivity index (χ1n) is 11.5. The normalized spacial score (nSPS) is 12.1. The number of rotatable bonds is 9. The summed E-state index contributed by atoms with van der Waals surface area (Å²) in [7, 11) is 0. The van der Waals surface area contributed by atoms with Crippen LogP contribution in [0.1, 0.15) is 31.9 Å². The van der Waals surface area contributed by atoms with Gasteiger partial charge in [0.1, 0.15) is 11.8 Å². The molecule has 0 unspecified atom stereocenters. The molecule has 0 heterocycles. The highest BCUT2D eigenvalue weighted by molar-refractivity contribution is 9.10. The van der Waals surface area contributed by atoms with Crippen molar-refractivity contribution < 1.29 is 14.3 Å². The Morgan fingerprint density at radius 1 is 0.944 bits per heavy atom. The molecule has 0 fully saturated rings. The molecule has 5 nitrogen and oxygen atoms in total. The molecular weight excluding hydrogens is 608 g/mol. The molecule has 0 bridgehead atoms. The Hall–Kier alpha value is -2.35. The molecule has 190 valence electrons. The summed E-state index contributed by atoms with van der Waals surface area (Å²) in [6.07, 6.45) is 0.363. The lowest BCUT2D eigenvalue weighted by Gasteiger charge is -2.33. The Labute approximate surface area is 234 Å². The van der Waals surface area contributed by atoms with Crippen LogP contribution < -0.4 is 10.1 Å². The van der Waals surface area contributed by atoms with E-state index in [9.17, 15) is 9.59 Å². The smallest absolute Gasteiger partial charge is 0.261 e. The Morgan fingerprint density at radius 2 is 1.61 bits per heavy atom. The fraction of sp³-hybridized carbons (Fsp3) is 0.286. The SMILES string of the molecule is CC(C)(C)NC(=O)[C@@H](Cc1ccccc1)N(Cc1cccc(Br)c1)C(=O)COc1ccc(Br)cc1Cl. The molecule has 1 atom stereocenters. The number of carbonyl (C=O) groups excluding carboxylic acids is 2. The number of amides is 2. The minimum absolute atomic E-state index is 0.226. The molecule has 3 rings (SSSR count). The lowest BCUT2D eigenvalue weighted by molar-refractivity contribution is -0.143. The van der Waals surface area contributed by atoms with Crippen LogP contribution in [0.3, 0.4) is 0 Å². The monoisotopic (exact) mass is 634 g/mol. The zero-order chi connectivity index (χ0) is 26.3. The average Bonchev–Trinajstić information content (AvgIpc) is 2.80. The maximum absolute atomic E-state index is 13.6. The van der Waals surface area contributed by atoms with Gasteiger partial charge in [-0.3, -0.25) is 9.59 Å². The minimum atomic E-state index is -0.748. The highest BCUT2D eigenvalue weighted by atomic mass is 79.9. The molecule has 0 aromatic heterocycles. The third kappa shape index (κ3) is 8.64. The van der Waals surface area contributed by atoms with Crippen molar-refractivity contribution in [3.05, 3.63) is 97.9 Å². The van der Waals surface area contributed by atoms with Crippen molar-refractivity contribution in [2.24, 2.45) is 0 Å². The third-order valence-corrected chi connectivity index (χ3v) is 6.54. The van der Waals surface area contributed by atoms with Gasteiger partial charge in [-0.15, -0.1) is 0 Å². The maximum atomic E-state index is 13.6. The Morgan fingerprint density at radius 3 is 2.25 bits per heavy atom. The highest BCUT2D eigenvalue weighted by Crippen LogP contribution is 2.28. The molecule has 0 saturated carbocycles. The van der Waals surface area contributed by atoms with Crippen LogP contribution in [0.15, 0.2) is 81.7 Å². The molecule has 0 saturated heterocycles. The zero-order valence-corrected chi connectivity index (χ0v) is 24.4.